The average molecular weight is 349 g/mol. The molecule has 0 aliphatic carbocycles. The number of terminal acetylenes is 1. The van der Waals surface area contributed by atoms with Crippen molar-refractivity contribution in [2.75, 3.05) is 0 Å². The first-order valence-corrected chi connectivity index (χ1v) is 9.66. The molecule has 0 aliphatic heterocycles. The number of ether oxygens (including phenoxy) is 1. The van der Waals surface area contributed by atoms with Gasteiger partial charge in [-0.05, 0) is 37.6 Å². The molecular weight excluding hydrogens is 328 g/mol. The normalized spacial score (nSPS) is 13.9. The molecule has 0 saturated carbocycles. The van der Waals surface area contributed by atoms with E-state index in [1.54, 1.807) is 13.0 Å². The van der Waals surface area contributed by atoms with Crippen LogP contribution in [-0.4, -0.2) is 11.6 Å². The molecule has 0 amide bonds. The highest BCUT2D eigenvalue weighted by Gasteiger charge is 2.26. The highest BCUT2D eigenvalue weighted by Crippen LogP contribution is 2.39. The molecule has 2 aromatic carbocycles. The predicted molar refractivity (Wildman–Crippen MR) is 105 cm³/mol. The molecule has 0 bridgehead atoms. The Labute approximate surface area is 151 Å². The van der Waals surface area contributed by atoms with Crippen molar-refractivity contribution in [3.8, 4) is 17.2 Å². The molecule has 2 unspecified atom stereocenters. The number of hydrogen-bond acceptors (Lipinski definition) is 2. The minimum absolute atomic E-state index is 0.149. The summed E-state index contributed by atoms with van der Waals surface area (Å²) in [6, 6.07) is 18.1. The van der Waals surface area contributed by atoms with Crippen molar-refractivity contribution in [2.24, 2.45) is 0 Å². The van der Waals surface area contributed by atoms with Crippen LogP contribution in [0.1, 0.15) is 37.0 Å². The van der Waals surface area contributed by atoms with Gasteiger partial charge in [-0.3, -0.25) is 0 Å². The molecule has 3 aromatic rings. The molecule has 0 saturated heterocycles. The summed E-state index contributed by atoms with van der Waals surface area (Å²) in [5, 5.41) is 3.43. The lowest BCUT2D eigenvalue weighted by Crippen LogP contribution is -2.29. The minimum atomic E-state index is -0.857. The van der Waals surface area contributed by atoms with Gasteiger partial charge in [0.05, 0.1) is 5.56 Å². The van der Waals surface area contributed by atoms with Gasteiger partial charge in [-0.15, -0.1) is 6.42 Å². The van der Waals surface area contributed by atoms with Crippen LogP contribution in [0.2, 0.25) is 0 Å². The molecule has 3 rings (SSSR count). The van der Waals surface area contributed by atoms with Crippen LogP contribution < -0.4 is 0 Å². The summed E-state index contributed by atoms with van der Waals surface area (Å²) in [5.74, 6) is 2.25. The fourth-order valence-corrected chi connectivity index (χ4v) is 4.83. The van der Waals surface area contributed by atoms with E-state index in [-0.39, 0.29) is 16.4 Å². The number of rotatable bonds is 5. The maximum atomic E-state index is 12.6. The van der Waals surface area contributed by atoms with E-state index in [4.69, 9.17) is 11.2 Å². The highest BCUT2D eigenvalue weighted by atomic mass is 32.2. The zero-order valence-corrected chi connectivity index (χ0v) is 15.3. The topological polar surface area (TPSA) is 26.3 Å². The summed E-state index contributed by atoms with van der Waals surface area (Å²) in [6.07, 6.45) is 7.08. The van der Waals surface area contributed by atoms with E-state index in [2.05, 4.69) is 35.6 Å². The predicted octanol–water partition coefficient (Wildman–Crippen LogP) is 5.93. The lowest BCUT2D eigenvalue weighted by molar-refractivity contribution is 0.0114. The number of fused-ring (bicyclic) bond motifs is 1. The van der Waals surface area contributed by atoms with Crippen LogP contribution in [0.5, 0.6) is 0 Å². The lowest BCUT2D eigenvalue weighted by atomic mass is 10.0. The molecule has 0 N–H and O–H groups in total. The van der Waals surface area contributed by atoms with Crippen molar-refractivity contribution in [3.63, 3.8) is 0 Å². The van der Waals surface area contributed by atoms with Crippen LogP contribution in [0.4, 0.5) is 0 Å². The summed E-state index contributed by atoms with van der Waals surface area (Å²) in [6.45, 7) is 3.81. The van der Waals surface area contributed by atoms with Crippen molar-refractivity contribution in [3.05, 3.63) is 65.5 Å². The molecule has 2 nitrogen and oxygen atoms in total. The zero-order valence-electron chi connectivity index (χ0n) is 14.5. The Morgan fingerprint density at radius 3 is 2.76 bits per heavy atom. The summed E-state index contributed by atoms with van der Waals surface area (Å²) < 4.78 is 6.90. The monoisotopic (exact) mass is 349 g/mol. The lowest BCUT2D eigenvalue weighted by Gasteiger charge is -2.23. The Balaban J connectivity index is 1.92. The number of hydrogen-bond donors (Lipinski definition) is 0. The van der Waals surface area contributed by atoms with E-state index in [1.807, 2.05) is 31.2 Å². The van der Waals surface area contributed by atoms with Gasteiger partial charge in [-0.25, -0.2) is 4.79 Å². The van der Waals surface area contributed by atoms with E-state index in [1.165, 1.54) is 10.1 Å². The molecule has 1 aromatic heterocycles. The van der Waals surface area contributed by atoms with Crippen LogP contribution in [0.25, 0.3) is 15.0 Å². The second-order valence-electron chi connectivity index (χ2n) is 6.22. The highest BCUT2D eigenvalue weighted by molar-refractivity contribution is 7.43. The van der Waals surface area contributed by atoms with Gasteiger partial charge in [0.1, 0.15) is 5.38 Å². The first-order chi connectivity index (χ1) is 12.1. The molecule has 1 heterocycles. The van der Waals surface area contributed by atoms with Crippen LogP contribution >= 0.6 is 10.5 Å². The molecule has 25 heavy (non-hydrogen) atoms. The van der Waals surface area contributed by atoms with Gasteiger partial charge in [-0.1, -0.05) is 37.5 Å². The van der Waals surface area contributed by atoms with Crippen LogP contribution in [-0.2, 0) is 4.74 Å². The van der Waals surface area contributed by atoms with Gasteiger partial charge >= 0.3 is 5.97 Å². The largest absolute Gasteiger partial charge is 0.443 e. The van der Waals surface area contributed by atoms with Crippen molar-refractivity contribution >= 4 is 26.5 Å². The molecule has 0 spiro atoms. The summed E-state index contributed by atoms with van der Waals surface area (Å²) in [4.78, 5) is 13.7. The van der Waals surface area contributed by atoms with Crippen molar-refractivity contribution in [1.82, 2.24) is 0 Å². The Morgan fingerprint density at radius 2 is 2.00 bits per heavy atom. The third kappa shape index (κ3) is 3.60. The summed E-state index contributed by atoms with van der Waals surface area (Å²) in [7, 11) is -0.149. The van der Waals surface area contributed by atoms with Crippen molar-refractivity contribution in [1.29, 1.82) is 0 Å². The maximum absolute atomic E-state index is 12.6. The van der Waals surface area contributed by atoms with Crippen LogP contribution in [0.3, 0.4) is 0 Å². The summed E-state index contributed by atoms with van der Waals surface area (Å²) in [5.41, 5.74) is -0.315. The Bertz CT molecular complexity index is 948. The number of carbonyl (C=O) groups is 1. The van der Waals surface area contributed by atoms with Gasteiger partial charge in [0.15, 0.2) is 15.2 Å². The molecule has 2 atom stereocenters. The van der Waals surface area contributed by atoms with Crippen molar-refractivity contribution in [2.45, 2.75) is 32.3 Å². The zero-order chi connectivity index (χ0) is 17.9. The number of thiophene rings is 1. The van der Waals surface area contributed by atoms with Gasteiger partial charge in [0.25, 0.3) is 0 Å². The van der Waals surface area contributed by atoms with E-state index >= 15 is 0 Å². The van der Waals surface area contributed by atoms with E-state index in [0.717, 1.165) is 11.3 Å². The fourth-order valence-electron chi connectivity index (χ4n) is 2.89. The molecule has 0 aliphatic rings. The third-order valence-electron chi connectivity index (χ3n) is 4.21. The third-order valence-corrected chi connectivity index (χ3v) is 6.23. The van der Waals surface area contributed by atoms with Gasteiger partial charge in [-0.2, -0.15) is 0 Å². The van der Waals surface area contributed by atoms with Crippen molar-refractivity contribution < 1.29 is 9.53 Å². The van der Waals surface area contributed by atoms with Crippen LogP contribution in [0.15, 0.2) is 60.0 Å². The van der Waals surface area contributed by atoms with E-state index < -0.39 is 5.60 Å². The molecule has 0 fully saturated rings. The SMILES string of the molecule is C#CC(C)(CCC)OC(=O)c1cccc(-[s+]2ccc3ccccc32)c1. The standard InChI is InChI=1S/C22H21O2S/c1-4-14-22(3,5-2)24-21(23)18-10-8-11-19(16-18)25-15-13-17-9-6-7-12-20(17)25/h2,6-13,15-16H,4,14H2,1,3H3/q+1. The first-order valence-electron chi connectivity index (χ1n) is 8.38. The Hall–Kier alpha value is -2.57. The Kier molecular flexibility index (Phi) is 4.92. The number of esters is 1. The van der Waals surface area contributed by atoms with Gasteiger partial charge in [0, 0.05) is 28.0 Å². The molecule has 126 valence electrons. The summed E-state index contributed by atoms with van der Waals surface area (Å²) >= 11 is 0. The smallest absolute Gasteiger partial charge is 0.339 e. The maximum Gasteiger partial charge on any atom is 0.339 e. The van der Waals surface area contributed by atoms with Gasteiger partial charge in [0.2, 0.25) is 0 Å². The average Bonchev–Trinajstić information content (AvgIpc) is 3.06. The quantitative estimate of drug-likeness (QED) is 0.324. The number of carbonyl (C=O) groups excluding carboxylic acids is 1. The van der Waals surface area contributed by atoms with Crippen LogP contribution in [0, 0.1) is 12.3 Å². The Morgan fingerprint density at radius 1 is 1.20 bits per heavy atom. The van der Waals surface area contributed by atoms with E-state index in [9.17, 15) is 4.79 Å². The second kappa shape index (κ2) is 7.13. The first kappa shape index (κ1) is 17.3. The van der Waals surface area contributed by atoms with Gasteiger partial charge < -0.3 is 4.74 Å². The molecule has 0 radical (unpaired) electrons. The minimum Gasteiger partial charge on any atom is -0.443 e. The second-order valence-corrected chi connectivity index (χ2v) is 8.08. The number of benzene rings is 2. The van der Waals surface area contributed by atoms with E-state index in [0.29, 0.717) is 12.0 Å². The molecular formula is C22H21O2S+. The molecule has 3 heteroatoms. The fraction of sp³-hybridized carbons (Fsp3) is 0.227.